The first kappa shape index (κ1) is 19.0. The normalized spacial score (nSPS) is 11.3. The summed E-state index contributed by atoms with van der Waals surface area (Å²) in [5.41, 5.74) is 5.68. The van der Waals surface area contributed by atoms with Crippen LogP contribution in [0.1, 0.15) is 0 Å². The number of ether oxygens (including phenoxy) is 1. The van der Waals surface area contributed by atoms with E-state index in [1.54, 1.807) is 36.9 Å². The van der Waals surface area contributed by atoms with E-state index in [1.165, 1.54) is 19.2 Å². The standard InChI is InChI=1S/C23H15FN8O/c1-33-14-9-12(8-13(24)10-14)19-20-16(4-5-27-19)29-23(30-20)22-21-17(31-32-22)3-2-15(28-21)18-11-25-6-7-26-18/h2-11H,1H3,(H,29,30)(H,31,32). The minimum Gasteiger partial charge on any atom is -0.497 e. The van der Waals surface area contributed by atoms with Crippen LogP contribution in [0.3, 0.4) is 0 Å². The third-order valence-electron chi connectivity index (χ3n) is 5.24. The first-order valence-electron chi connectivity index (χ1n) is 10.0. The highest BCUT2D eigenvalue weighted by Crippen LogP contribution is 2.32. The molecule has 10 heteroatoms. The van der Waals surface area contributed by atoms with E-state index >= 15 is 0 Å². The van der Waals surface area contributed by atoms with Crippen LogP contribution in [0.25, 0.3) is 56.2 Å². The molecule has 5 aromatic heterocycles. The maximum atomic E-state index is 14.1. The second-order valence-electron chi connectivity index (χ2n) is 7.28. The van der Waals surface area contributed by atoms with Crippen LogP contribution in [0.15, 0.2) is 61.2 Å². The molecule has 1 aromatic carbocycles. The number of benzene rings is 1. The van der Waals surface area contributed by atoms with E-state index in [2.05, 4.69) is 30.1 Å². The fourth-order valence-corrected chi connectivity index (χ4v) is 3.71. The van der Waals surface area contributed by atoms with E-state index in [1.807, 2.05) is 12.1 Å². The minimum atomic E-state index is -0.419. The summed E-state index contributed by atoms with van der Waals surface area (Å²) in [7, 11) is 1.49. The van der Waals surface area contributed by atoms with Crippen LogP contribution in [-0.2, 0) is 0 Å². The Labute approximate surface area is 185 Å². The zero-order valence-corrected chi connectivity index (χ0v) is 17.2. The Hall–Kier alpha value is -4.73. The van der Waals surface area contributed by atoms with Gasteiger partial charge in [-0.25, -0.2) is 14.4 Å². The quantitative estimate of drug-likeness (QED) is 0.424. The second kappa shape index (κ2) is 7.45. The zero-order valence-electron chi connectivity index (χ0n) is 17.2. The Bertz CT molecular complexity index is 1630. The monoisotopic (exact) mass is 438 g/mol. The fraction of sp³-hybridized carbons (Fsp3) is 0.0435. The van der Waals surface area contributed by atoms with Gasteiger partial charge in [-0.1, -0.05) is 0 Å². The van der Waals surface area contributed by atoms with Crippen molar-refractivity contribution in [2.75, 3.05) is 7.11 Å². The largest absolute Gasteiger partial charge is 0.497 e. The van der Waals surface area contributed by atoms with Gasteiger partial charge in [-0.15, -0.1) is 0 Å². The van der Waals surface area contributed by atoms with Gasteiger partial charge in [-0.05, 0) is 30.3 Å². The molecule has 33 heavy (non-hydrogen) atoms. The third kappa shape index (κ3) is 3.24. The van der Waals surface area contributed by atoms with Gasteiger partial charge in [0.2, 0.25) is 0 Å². The average Bonchev–Trinajstić information content (AvgIpc) is 3.47. The number of H-pyrrole nitrogens is 2. The summed E-state index contributed by atoms with van der Waals surface area (Å²) >= 11 is 0. The maximum absolute atomic E-state index is 14.1. The molecule has 2 N–H and O–H groups in total. The molecule has 0 aliphatic heterocycles. The molecular weight excluding hydrogens is 423 g/mol. The van der Waals surface area contributed by atoms with Crippen molar-refractivity contribution in [3.8, 4) is 39.9 Å². The number of aromatic nitrogens is 8. The van der Waals surface area contributed by atoms with Gasteiger partial charge in [0.05, 0.1) is 35.7 Å². The number of halogens is 1. The van der Waals surface area contributed by atoms with Crippen molar-refractivity contribution < 1.29 is 9.13 Å². The van der Waals surface area contributed by atoms with Crippen LogP contribution < -0.4 is 4.74 Å². The Balaban J connectivity index is 1.50. The van der Waals surface area contributed by atoms with Crippen LogP contribution in [0.4, 0.5) is 4.39 Å². The number of imidazole rings is 1. The molecule has 0 atom stereocenters. The van der Waals surface area contributed by atoms with Gasteiger partial charge < -0.3 is 9.72 Å². The molecule has 9 nitrogen and oxygen atoms in total. The van der Waals surface area contributed by atoms with Gasteiger partial charge in [-0.2, -0.15) is 5.10 Å². The number of hydrogen-bond donors (Lipinski definition) is 2. The second-order valence-corrected chi connectivity index (χ2v) is 7.28. The summed E-state index contributed by atoms with van der Waals surface area (Å²) in [5.74, 6) is 0.495. The molecule has 0 fully saturated rings. The Morgan fingerprint density at radius 2 is 1.76 bits per heavy atom. The molecule has 0 saturated heterocycles. The minimum absolute atomic E-state index is 0.401. The highest BCUT2D eigenvalue weighted by atomic mass is 19.1. The number of methoxy groups -OCH3 is 1. The predicted octanol–water partition coefficient (Wildman–Crippen LogP) is 4.17. The van der Waals surface area contributed by atoms with E-state index in [-0.39, 0.29) is 0 Å². The molecule has 160 valence electrons. The zero-order chi connectivity index (χ0) is 22.4. The van der Waals surface area contributed by atoms with Crippen molar-refractivity contribution in [2.24, 2.45) is 0 Å². The maximum Gasteiger partial charge on any atom is 0.161 e. The summed E-state index contributed by atoms with van der Waals surface area (Å²) in [6, 6.07) is 9.98. The van der Waals surface area contributed by atoms with E-state index in [4.69, 9.17) is 14.7 Å². The average molecular weight is 438 g/mol. The van der Waals surface area contributed by atoms with Gasteiger partial charge >= 0.3 is 0 Å². The van der Waals surface area contributed by atoms with Gasteiger partial charge in [0.25, 0.3) is 0 Å². The van der Waals surface area contributed by atoms with Crippen molar-refractivity contribution in [2.45, 2.75) is 0 Å². The first-order valence-corrected chi connectivity index (χ1v) is 10.0. The van der Waals surface area contributed by atoms with Gasteiger partial charge in [0.15, 0.2) is 11.5 Å². The Morgan fingerprint density at radius 3 is 2.61 bits per heavy atom. The van der Waals surface area contributed by atoms with E-state index in [0.717, 1.165) is 11.0 Å². The summed E-state index contributed by atoms with van der Waals surface area (Å²) in [6.45, 7) is 0. The third-order valence-corrected chi connectivity index (χ3v) is 5.24. The van der Waals surface area contributed by atoms with Crippen LogP contribution >= 0.6 is 0 Å². The van der Waals surface area contributed by atoms with Crippen LogP contribution in [0.2, 0.25) is 0 Å². The van der Waals surface area contributed by atoms with Gasteiger partial charge in [0.1, 0.15) is 28.3 Å². The number of hydrogen-bond acceptors (Lipinski definition) is 7. The number of nitrogens with zero attached hydrogens (tertiary/aromatic N) is 6. The number of rotatable bonds is 4. The summed E-state index contributed by atoms with van der Waals surface area (Å²) < 4.78 is 19.3. The highest BCUT2D eigenvalue weighted by molar-refractivity contribution is 5.95. The molecule has 6 aromatic rings. The van der Waals surface area contributed by atoms with Crippen LogP contribution in [0.5, 0.6) is 5.75 Å². The van der Waals surface area contributed by atoms with Crippen molar-refractivity contribution in [1.82, 2.24) is 40.1 Å². The molecule has 0 aliphatic carbocycles. The van der Waals surface area contributed by atoms with Crippen molar-refractivity contribution in [3.05, 3.63) is 67.0 Å². The number of nitrogens with one attached hydrogen (secondary N) is 2. The first-order chi connectivity index (χ1) is 16.2. The van der Waals surface area contributed by atoms with Crippen molar-refractivity contribution in [3.63, 3.8) is 0 Å². The summed E-state index contributed by atoms with van der Waals surface area (Å²) in [4.78, 5) is 25.6. The molecule has 5 heterocycles. The Kier molecular flexibility index (Phi) is 4.29. The summed E-state index contributed by atoms with van der Waals surface area (Å²) in [5, 5.41) is 7.41. The van der Waals surface area contributed by atoms with E-state index in [0.29, 0.717) is 50.9 Å². The molecule has 0 spiro atoms. The van der Waals surface area contributed by atoms with Crippen molar-refractivity contribution >= 4 is 22.1 Å². The molecule has 0 bridgehead atoms. The van der Waals surface area contributed by atoms with Crippen LogP contribution in [0, 0.1) is 5.82 Å². The molecule has 0 amide bonds. The fourth-order valence-electron chi connectivity index (χ4n) is 3.71. The number of pyridine rings is 2. The molecule has 6 rings (SSSR count). The number of aromatic amines is 2. The molecular formula is C23H15FN8O. The van der Waals surface area contributed by atoms with Crippen molar-refractivity contribution in [1.29, 1.82) is 0 Å². The highest BCUT2D eigenvalue weighted by Gasteiger charge is 2.18. The Morgan fingerprint density at radius 1 is 0.848 bits per heavy atom. The molecule has 0 saturated carbocycles. The van der Waals surface area contributed by atoms with E-state index in [9.17, 15) is 4.39 Å². The lowest BCUT2D eigenvalue weighted by Gasteiger charge is -2.05. The van der Waals surface area contributed by atoms with Crippen LogP contribution in [-0.4, -0.2) is 47.2 Å². The predicted molar refractivity (Wildman–Crippen MR) is 120 cm³/mol. The van der Waals surface area contributed by atoms with Gasteiger partial charge in [-0.3, -0.25) is 20.1 Å². The molecule has 0 aliphatic rings. The lowest BCUT2D eigenvalue weighted by atomic mass is 10.1. The van der Waals surface area contributed by atoms with Gasteiger partial charge in [0, 0.05) is 30.2 Å². The SMILES string of the molecule is COc1cc(F)cc(-c2nccc3[nH]c(-c4n[nH]c5ccc(-c6cnccn6)nc45)nc23)c1. The smallest absolute Gasteiger partial charge is 0.161 e. The molecule has 0 unspecified atom stereocenters. The lowest BCUT2D eigenvalue weighted by Crippen LogP contribution is -1.90. The summed E-state index contributed by atoms with van der Waals surface area (Å²) in [6.07, 6.45) is 6.52. The molecule has 0 radical (unpaired) electrons. The number of fused-ring (bicyclic) bond motifs is 2. The van der Waals surface area contributed by atoms with E-state index < -0.39 is 5.82 Å². The lowest BCUT2D eigenvalue weighted by molar-refractivity contribution is 0.411. The topological polar surface area (TPSA) is 118 Å².